The molecule has 0 aliphatic carbocycles. The summed E-state index contributed by atoms with van der Waals surface area (Å²) in [6, 6.07) is 10.4. The van der Waals surface area contributed by atoms with Crippen LogP contribution >= 0.6 is 0 Å². The average molecular weight is 296 g/mol. The van der Waals surface area contributed by atoms with Crippen LogP contribution in [-0.2, 0) is 0 Å². The fourth-order valence-corrected chi connectivity index (χ4v) is 1.70. The molecule has 2 aromatic rings. The molecule has 2 rings (SSSR count). The largest absolute Gasteiger partial charge is 0.430 e. The van der Waals surface area contributed by atoms with Gasteiger partial charge in [-0.1, -0.05) is 11.8 Å². The van der Waals surface area contributed by atoms with Crippen LogP contribution in [0.1, 0.15) is 15.9 Å². The van der Waals surface area contributed by atoms with Gasteiger partial charge in [-0.25, -0.2) is 4.79 Å². The van der Waals surface area contributed by atoms with Crippen LogP contribution in [0.25, 0.3) is 0 Å². The van der Waals surface area contributed by atoms with Crippen molar-refractivity contribution in [2.24, 2.45) is 0 Å². The highest BCUT2D eigenvalue weighted by Crippen LogP contribution is 2.11. The van der Waals surface area contributed by atoms with Crippen LogP contribution in [0.2, 0.25) is 0 Å². The first-order valence-corrected chi connectivity index (χ1v) is 6.69. The molecule has 0 bridgehead atoms. The van der Waals surface area contributed by atoms with E-state index in [1.165, 1.54) is 12.1 Å². The van der Waals surface area contributed by atoms with E-state index in [1.807, 2.05) is 43.3 Å². The Morgan fingerprint density at radius 1 is 1.18 bits per heavy atom. The maximum Gasteiger partial charge on any atom is 0.335 e. The molecule has 1 aromatic heterocycles. The van der Waals surface area contributed by atoms with Gasteiger partial charge in [0.05, 0.1) is 12.1 Å². The zero-order valence-electron chi connectivity index (χ0n) is 12.4. The number of nitrogens with one attached hydrogen (secondary N) is 1. The Bertz CT molecular complexity index is 744. The zero-order chi connectivity index (χ0) is 15.9. The second kappa shape index (κ2) is 7.14. The Labute approximate surface area is 128 Å². The summed E-state index contributed by atoms with van der Waals surface area (Å²) < 4.78 is 4.63. The van der Waals surface area contributed by atoms with Crippen molar-refractivity contribution >= 4 is 11.6 Å². The van der Waals surface area contributed by atoms with Crippen molar-refractivity contribution in [2.75, 3.05) is 25.5 Å². The van der Waals surface area contributed by atoms with E-state index in [4.69, 9.17) is 0 Å². The van der Waals surface area contributed by atoms with Gasteiger partial charge in [-0.2, -0.15) is 0 Å². The molecule has 0 unspecified atom stereocenters. The Balaban J connectivity index is 1.89. The number of anilines is 1. The highest BCUT2D eigenvalue weighted by molar-refractivity contribution is 5.93. The van der Waals surface area contributed by atoms with Crippen molar-refractivity contribution in [1.29, 1.82) is 0 Å². The molecule has 1 N–H and O–H groups in total. The van der Waals surface area contributed by atoms with Gasteiger partial charge in [-0.3, -0.25) is 4.79 Å². The van der Waals surface area contributed by atoms with Gasteiger partial charge in [0.25, 0.3) is 5.91 Å². The smallest absolute Gasteiger partial charge is 0.335 e. The summed E-state index contributed by atoms with van der Waals surface area (Å²) in [7, 11) is 3.95. The quantitative estimate of drug-likeness (QED) is 0.872. The first-order valence-electron chi connectivity index (χ1n) is 6.69. The highest BCUT2D eigenvalue weighted by atomic mass is 16.4. The van der Waals surface area contributed by atoms with Crippen molar-refractivity contribution < 1.29 is 9.21 Å². The lowest BCUT2D eigenvalue weighted by atomic mass is 10.2. The van der Waals surface area contributed by atoms with Crippen molar-refractivity contribution in [1.82, 2.24) is 5.32 Å². The molecule has 22 heavy (non-hydrogen) atoms. The Hall–Kier alpha value is -3.00. The predicted molar refractivity (Wildman–Crippen MR) is 85.0 cm³/mol. The van der Waals surface area contributed by atoms with E-state index in [9.17, 15) is 9.59 Å². The first-order chi connectivity index (χ1) is 10.6. The van der Waals surface area contributed by atoms with Gasteiger partial charge in [0, 0.05) is 31.4 Å². The van der Waals surface area contributed by atoms with Crippen LogP contribution in [0.5, 0.6) is 0 Å². The maximum atomic E-state index is 11.7. The number of benzene rings is 1. The summed E-state index contributed by atoms with van der Waals surface area (Å²) >= 11 is 0. The lowest BCUT2D eigenvalue weighted by molar-refractivity contribution is 0.0956. The summed E-state index contributed by atoms with van der Waals surface area (Å²) in [5, 5.41) is 2.64. The molecule has 5 nitrogen and oxygen atoms in total. The third-order valence-electron chi connectivity index (χ3n) is 2.92. The molecular weight excluding hydrogens is 280 g/mol. The molecule has 5 heteroatoms. The molecule has 0 aliphatic rings. The lowest BCUT2D eigenvalue weighted by Crippen LogP contribution is -2.23. The third-order valence-corrected chi connectivity index (χ3v) is 2.92. The van der Waals surface area contributed by atoms with E-state index in [0.717, 1.165) is 17.5 Å². The second-order valence-electron chi connectivity index (χ2n) is 4.77. The SMILES string of the molecule is CN(C)c1ccc(C#CCNC(=O)c2ccc(=O)oc2)cc1. The molecule has 112 valence electrons. The minimum absolute atomic E-state index is 0.216. The van der Waals surface area contributed by atoms with Gasteiger partial charge in [-0.15, -0.1) is 0 Å². The van der Waals surface area contributed by atoms with Crippen LogP contribution in [0, 0.1) is 11.8 Å². The summed E-state index contributed by atoms with van der Waals surface area (Å²) in [4.78, 5) is 24.6. The normalized spacial score (nSPS) is 9.55. The minimum atomic E-state index is -0.488. The van der Waals surface area contributed by atoms with Gasteiger partial charge in [0.2, 0.25) is 0 Å². The van der Waals surface area contributed by atoms with E-state index >= 15 is 0 Å². The van der Waals surface area contributed by atoms with Gasteiger partial charge < -0.3 is 14.6 Å². The van der Waals surface area contributed by atoms with E-state index in [2.05, 4.69) is 21.6 Å². The van der Waals surface area contributed by atoms with E-state index in [-0.39, 0.29) is 18.0 Å². The molecule has 0 atom stereocenters. The minimum Gasteiger partial charge on any atom is -0.430 e. The topological polar surface area (TPSA) is 62.6 Å². The molecule has 0 aliphatic heterocycles. The fourth-order valence-electron chi connectivity index (χ4n) is 1.70. The van der Waals surface area contributed by atoms with Gasteiger partial charge >= 0.3 is 5.63 Å². The summed E-state index contributed by atoms with van der Waals surface area (Å²) in [6.45, 7) is 0.216. The van der Waals surface area contributed by atoms with Crippen molar-refractivity contribution in [3.05, 3.63) is 64.2 Å². The third kappa shape index (κ3) is 4.25. The summed E-state index contributed by atoms with van der Waals surface area (Å²) in [5.74, 6) is 5.51. The zero-order valence-corrected chi connectivity index (χ0v) is 12.4. The van der Waals surface area contributed by atoms with E-state index < -0.39 is 5.63 Å². The second-order valence-corrected chi connectivity index (χ2v) is 4.77. The van der Waals surface area contributed by atoms with E-state index in [1.54, 1.807) is 0 Å². The highest BCUT2D eigenvalue weighted by Gasteiger charge is 2.04. The molecule has 0 spiro atoms. The fraction of sp³-hybridized carbons (Fsp3) is 0.176. The molecule has 0 radical (unpaired) electrons. The number of hydrogen-bond donors (Lipinski definition) is 1. The summed E-state index contributed by atoms with van der Waals surface area (Å²) in [5.41, 5.74) is 1.78. The molecule has 1 amide bonds. The Morgan fingerprint density at radius 2 is 1.91 bits per heavy atom. The van der Waals surface area contributed by atoms with Crippen molar-refractivity contribution in [3.8, 4) is 11.8 Å². The summed E-state index contributed by atoms with van der Waals surface area (Å²) in [6.07, 6.45) is 1.13. The molecule has 0 fully saturated rings. The van der Waals surface area contributed by atoms with Crippen LogP contribution in [0.4, 0.5) is 5.69 Å². The lowest BCUT2D eigenvalue weighted by Gasteiger charge is -2.11. The average Bonchev–Trinajstić information content (AvgIpc) is 2.52. The van der Waals surface area contributed by atoms with Crippen LogP contribution in [0.3, 0.4) is 0 Å². The number of rotatable bonds is 3. The molecule has 0 saturated heterocycles. The number of carbonyl (C=O) groups excluding carboxylic acids is 1. The monoisotopic (exact) mass is 296 g/mol. The van der Waals surface area contributed by atoms with Gasteiger partial charge in [-0.05, 0) is 30.3 Å². The molecule has 1 aromatic carbocycles. The Morgan fingerprint density at radius 3 is 2.50 bits per heavy atom. The van der Waals surface area contributed by atoms with Crippen LogP contribution in [0.15, 0.2) is 51.9 Å². The maximum absolute atomic E-state index is 11.7. The van der Waals surface area contributed by atoms with Crippen molar-refractivity contribution in [2.45, 2.75) is 0 Å². The number of carbonyl (C=O) groups is 1. The molecular formula is C17H16N2O3. The van der Waals surface area contributed by atoms with Crippen LogP contribution < -0.4 is 15.8 Å². The van der Waals surface area contributed by atoms with E-state index in [0.29, 0.717) is 0 Å². The molecule has 0 saturated carbocycles. The van der Waals surface area contributed by atoms with Crippen molar-refractivity contribution in [3.63, 3.8) is 0 Å². The Kier molecular flexibility index (Phi) is 4.99. The first kappa shape index (κ1) is 15.4. The number of hydrogen-bond acceptors (Lipinski definition) is 4. The number of amides is 1. The van der Waals surface area contributed by atoms with Gasteiger partial charge in [0.15, 0.2) is 0 Å². The van der Waals surface area contributed by atoms with Crippen LogP contribution in [-0.4, -0.2) is 26.5 Å². The number of nitrogens with zero attached hydrogens (tertiary/aromatic N) is 1. The predicted octanol–water partition coefficient (Wildman–Crippen LogP) is 1.49. The molecule has 1 heterocycles. The van der Waals surface area contributed by atoms with Gasteiger partial charge in [0.1, 0.15) is 6.26 Å². The standard InChI is InChI=1S/C17H16N2O3/c1-19(2)15-8-5-13(6-9-15)4-3-11-18-17(21)14-7-10-16(20)22-12-14/h5-10,12H,11H2,1-2H3,(H,18,21).